The Labute approximate surface area is 177 Å². The third-order valence-corrected chi connectivity index (χ3v) is 7.02. The number of ether oxygens (including phenoxy) is 2. The van der Waals surface area contributed by atoms with Crippen LogP contribution in [0.25, 0.3) is 0 Å². The fourth-order valence-electron chi connectivity index (χ4n) is 3.55. The zero-order valence-corrected chi connectivity index (χ0v) is 18.3. The van der Waals surface area contributed by atoms with Gasteiger partial charge in [0.2, 0.25) is 10.0 Å². The summed E-state index contributed by atoms with van der Waals surface area (Å²) in [4.78, 5) is 11.4. The van der Waals surface area contributed by atoms with Gasteiger partial charge in [-0.2, -0.15) is 4.31 Å². The van der Waals surface area contributed by atoms with Gasteiger partial charge in [0.15, 0.2) is 11.5 Å². The molecule has 0 aliphatic carbocycles. The Morgan fingerprint density at radius 3 is 2.57 bits per heavy atom. The molecule has 0 spiro atoms. The molecule has 1 N–H and O–H groups in total. The molecule has 3 heterocycles. The van der Waals surface area contributed by atoms with Crippen LogP contribution in [0.2, 0.25) is 0 Å². The summed E-state index contributed by atoms with van der Waals surface area (Å²) < 4.78 is 38.6. The molecule has 162 valence electrons. The van der Waals surface area contributed by atoms with Gasteiger partial charge in [-0.25, -0.2) is 18.4 Å². The molecule has 1 aromatic heterocycles. The van der Waals surface area contributed by atoms with Crippen LogP contribution in [0.1, 0.15) is 30.4 Å². The van der Waals surface area contributed by atoms with Crippen LogP contribution in [-0.4, -0.2) is 63.6 Å². The molecule has 0 bridgehead atoms. The summed E-state index contributed by atoms with van der Waals surface area (Å²) in [6.07, 6.45) is 2.05. The van der Waals surface area contributed by atoms with Crippen LogP contribution >= 0.6 is 0 Å². The van der Waals surface area contributed by atoms with E-state index in [9.17, 15) is 8.42 Å². The molecule has 1 saturated heterocycles. The minimum absolute atomic E-state index is 0.100. The standard InChI is InChI=1S/C20H27N5O4S/c1-24(2)19-11-14(22-20(23-19)16-5-4-8-21-16)13-25(3)30(26,27)15-6-7-17-18(12-15)29-10-9-28-17/h6-7,11-12,16,21H,4-5,8-10,13H2,1-3H3/t16-/m1/s1. The summed E-state index contributed by atoms with van der Waals surface area (Å²) in [5.74, 6) is 2.47. The van der Waals surface area contributed by atoms with E-state index in [1.165, 1.54) is 10.4 Å². The molecule has 10 heteroatoms. The van der Waals surface area contributed by atoms with Gasteiger partial charge in [-0.3, -0.25) is 0 Å². The molecule has 9 nitrogen and oxygen atoms in total. The second kappa shape index (κ2) is 8.37. The number of benzene rings is 1. The smallest absolute Gasteiger partial charge is 0.243 e. The molecule has 2 aromatic rings. The molecule has 1 aromatic carbocycles. The number of aromatic nitrogens is 2. The predicted octanol–water partition coefficient (Wildman–Crippen LogP) is 1.56. The molecular weight excluding hydrogens is 406 g/mol. The number of sulfonamides is 1. The van der Waals surface area contributed by atoms with Gasteiger partial charge in [-0.15, -0.1) is 0 Å². The van der Waals surface area contributed by atoms with Gasteiger partial charge in [0.1, 0.15) is 24.9 Å². The van der Waals surface area contributed by atoms with Gasteiger partial charge >= 0.3 is 0 Å². The summed E-state index contributed by atoms with van der Waals surface area (Å²) in [7, 11) is 1.65. The first kappa shape index (κ1) is 20.8. The van der Waals surface area contributed by atoms with Crippen LogP contribution in [0.15, 0.2) is 29.2 Å². The lowest BCUT2D eigenvalue weighted by Crippen LogP contribution is -2.28. The van der Waals surface area contributed by atoms with Gasteiger partial charge in [0.25, 0.3) is 0 Å². The first-order valence-corrected chi connectivity index (χ1v) is 11.4. The highest BCUT2D eigenvalue weighted by molar-refractivity contribution is 7.89. The Hall–Kier alpha value is -2.43. The van der Waals surface area contributed by atoms with Crippen molar-refractivity contribution in [3.05, 3.63) is 35.8 Å². The van der Waals surface area contributed by atoms with E-state index in [1.54, 1.807) is 19.2 Å². The lowest BCUT2D eigenvalue weighted by atomic mass is 10.2. The molecule has 0 unspecified atom stereocenters. The van der Waals surface area contributed by atoms with Crippen molar-refractivity contribution in [3.8, 4) is 11.5 Å². The molecule has 4 rings (SSSR count). The van der Waals surface area contributed by atoms with Crippen molar-refractivity contribution in [2.24, 2.45) is 0 Å². The maximum Gasteiger partial charge on any atom is 0.243 e. The molecule has 2 aliphatic heterocycles. The molecule has 2 aliphatic rings. The van der Waals surface area contributed by atoms with E-state index in [-0.39, 0.29) is 17.5 Å². The summed E-state index contributed by atoms with van der Waals surface area (Å²) in [6, 6.07) is 6.61. The third-order valence-electron chi connectivity index (χ3n) is 5.22. The Bertz CT molecular complexity index is 1020. The third kappa shape index (κ3) is 4.21. The number of hydrogen-bond donors (Lipinski definition) is 1. The van der Waals surface area contributed by atoms with Crippen LogP contribution in [0.4, 0.5) is 5.82 Å². The fraction of sp³-hybridized carbons (Fsp3) is 0.500. The molecule has 0 saturated carbocycles. The van der Waals surface area contributed by atoms with E-state index in [0.29, 0.717) is 36.2 Å². The number of nitrogens with one attached hydrogen (secondary N) is 1. The Morgan fingerprint density at radius 2 is 1.87 bits per heavy atom. The van der Waals surface area contributed by atoms with Crippen LogP contribution in [0, 0.1) is 0 Å². The van der Waals surface area contributed by atoms with E-state index >= 15 is 0 Å². The largest absolute Gasteiger partial charge is 0.486 e. The van der Waals surface area contributed by atoms with Gasteiger partial charge in [-0.1, -0.05) is 0 Å². The zero-order valence-electron chi connectivity index (χ0n) is 17.5. The van der Waals surface area contributed by atoms with E-state index in [4.69, 9.17) is 9.47 Å². The molecule has 1 fully saturated rings. The first-order chi connectivity index (χ1) is 14.3. The summed E-state index contributed by atoms with van der Waals surface area (Å²) >= 11 is 0. The van der Waals surface area contributed by atoms with Gasteiger partial charge in [0, 0.05) is 33.3 Å². The lowest BCUT2D eigenvalue weighted by molar-refractivity contribution is 0.171. The van der Waals surface area contributed by atoms with Crippen LogP contribution < -0.4 is 19.7 Å². The SMILES string of the molecule is CN(C)c1cc(CN(C)S(=O)(=O)c2ccc3c(c2)OCCO3)nc([C@H]2CCCN2)n1. The minimum atomic E-state index is -3.73. The quantitative estimate of drug-likeness (QED) is 0.733. The highest BCUT2D eigenvalue weighted by atomic mass is 32.2. The average molecular weight is 434 g/mol. The average Bonchev–Trinajstić information content (AvgIpc) is 3.28. The Morgan fingerprint density at radius 1 is 1.10 bits per heavy atom. The van der Waals surface area contributed by atoms with E-state index in [2.05, 4.69) is 15.3 Å². The van der Waals surface area contributed by atoms with Crippen LogP contribution in [0.3, 0.4) is 0 Å². The van der Waals surface area contributed by atoms with Crippen molar-refractivity contribution in [1.82, 2.24) is 19.6 Å². The van der Waals surface area contributed by atoms with E-state index in [1.807, 2.05) is 25.1 Å². The number of rotatable bonds is 6. The van der Waals surface area contributed by atoms with E-state index < -0.39 is 10.0 Å². The molecule has 0 amide bonds. The lowest BCUT2D eigenvalue weighted by Gasteiger charge is -2.22. The Balaban J connectivity index is 1.60. The number of anilines is 1. The van der Waals surface area contributed by atoms with Crippen molar-refractivity contribution in [2.45, 2.75) is 30.3 Å². The van der Waals surface area contributed by atoms with Crippen molar-refractivity contribution >= 4 is 15.8 Å². The summed E-state index contributed by atoms with van der Waals surface area (Å²) in [6.45, 7) is 1.94. The van der Waals surface area contributed by atoms with Crippen LogP contribution in [-0.2, 0) is 16.6 Å². The van der Waals surface area contributed by atoms with Crippen LogP contribution in [0.5, 0.6) is 11.5 Å². The molecular formula is C20H27N5O4S. The van der Waals surface area contributed by atoms with Crippen molar-refractivity contribution in [1.29, 1.82) is 0 Å². The highest BCUT2D eigenvalue weighted by Crippen LogP contribution is 2.33. The first-order valence-electron chi connectivity index (χ1n) is 9.99. The Kier molecular flexibility index (Phi) is 5.81. The van der Waals surface area contributed by atoms with Gasteiger partial charge in [0.05, 0.1) is 23.2 Å². The van der Waals surface area contributed by atoms with Crippen molar-refractivity contribution in [2.75, 3.05) is 45.8 Å². The normalized spacial score (nSPS) is 18.6. The summed E-state index contributed by atoms with van der Waals surface area (Å²) in [5.41, 5.74) is 0.654. The van der Waals surface area contributed by atoms with Crippen molar-refractivity contribution < 1.29 is 17.9 Å². The second-order valence-electron chi connectivity index (χ2n) is 7.69. The van der Waals surface area contributed by atoms with Crippen molar-refractivity contribution in [3.63, 3.8) is 0 Å². The van der Waals surface area contributed by atoms with Gasteiger partial charge in [-0.05, 0) is 31.5 Å². The van der Waals surface area contributed by atoms with E-state index in [0.717, 1.165) is 25.2 Å². The zero-order chi connectivity index (χ0) is 21.3. The number of fused-ring (bicyclic) bond motifs is 1. The van der Waals surface area contributed by atoms with Gasteiger partial charge < -0.3 is 19.7 Å². The molecule has 1 atom stereocenters. The topological polar surface area (TPSA) is 96.9 Å². The molecule has 0 radical (unpaired) electrons. The summed E-state index contributed by atoms with van der Waals surface area (Å²) in [5, 5.41) is 3.40. The second-order valence-corrected chi connectivity index (χ2v) is 9.73. The maximum atomic E-state index is 13.1. The predicted molar refractivity (Wildman–Crippen MR) is 112 cm³/mol. The molecule has 30 heavy (non-hydrogen) atoms. The number of hydrogen-bond acceptors (Lipinski definition) is 8. The monoisotopic (exact) mass is 433 g/mol. The minimum Gasteiger partial charge on any atom is -0.486 e. The number of nitrogens with zero attached hydrogens (tertiary/aromatic N) is 4. The highest BCUT2D eigenvalue weighted by Gasteiger charge is 2.26. The maximum absolute atomic E-state index is 13.1. The fourth-order valence-corrected chi connectivity index (χ4v) is 4.71.